The van der Waals surface area contributed by atoms with Gasteiger partial charge < -0.3 is 14.0 Å². The summed E-state index contributed by atoms with van der Waals surface area (Å²) in [5.41, 5.74) is 6.42. The van der Waals surface area contributed by atoms with Crippen molar-refractivity contribution in [3.05, 3.63) is 97.6 Å². The number of nitro benzene ring substituents is 1. The molecule has 0 fully saturated rings. The van der Waals surface area contributed by atoms with E-state index in [0.717, 1.165) is 51.7 Å². The van der Waals surface area contributed by atoms with Crippen LogP contribution in [0.25, 0.3) is 11.3 Å². The Morgan fingerprint density at radius 2 is 1.71 bits per heavy atom. The average Bonchev–Trinajstić information content (AvgIpc) is 3.51. The number of benzene rings is 3. The van der Waals surface area contributed by atoms with Crippen LogP contribution in [0.3, 0.4) is 0 Å². The van der Waals surface area contributed by atoms with Gasteiger partial charge in [0.15, 0.2) is 16.3 Å². The fraction of sp³-hybridized carbons (Fsp3) is 0.222. The number of hydrogen-bond donors (Lipinski definition) is 0. The molecular formula is C27H25N3O4S. The maximum absolute atomic E-state index is 11.1. The number of ether oxygens (including phenoxy) is 2. The van der Waals surface area contributed by atoms with Gasteiger partial charge >= 0.3 is 0 Å². The third kappa shape index (κ3) is 4.57. The van der Waals surface area contributed by atoms with Crippen molar-refractivity contribution in [3.63, 3.8) is 0 Å². The van der Waals surface area contributed by atoms with Crippen LogP contribution in [-0.4, -0.2) is 16.3 Å². The lowest BCUT2D eigenvalue weighted by Crippen LogP contribution is -2.17. The molecule has 0 unspecified atom stereocenters. The summed E-state index contributed by atoms with van der Waals surface area (Å²) in [4.78, 5) is 16.8. The minimum atomic E-state index is -0.382. The highest BCUT2D eigenvalue weighted by molar-refractivity contribution is 7.07. The van der Waals surface area contributed by atoms with Gasteiger partial charge in [0.25, 0.3) is 5.69 Å². The van der Waals surface area contributed by atoms with E-state index in [1.54, 1.807) is 23.5 Å². The number of rotatable bonds is 7. The second-order valence-corrected chi connectivity index (χ2v) is 9.06. The number of aromatic nitrogens is 1. The Morgan fingerprint density at radius 3 is 2.40 bits per heavy atom. The first-order valence-corrected chi connectivity index (χ1v) is 12.4. The molecule has 0 amide bonds. The van der Waals surface area contributed by atoms with Crippen molar-refractivity contribution in [3.8, 4) is 22.8 Å². The van der Waals surface area contributed by atoms with E-state index in [0.29, 0.717) is 6.54 Å². The fourth-order valence-electron chi connectivity index (χ4n) is 4.23. The Balaban J connectivity index is 1.65. The van der Waals surface area contributed by atoms with Gasteiger partial charge in [-0.25, -0.2) is 4.99 Å². The van der Waals surface area contributed by atoms with Crippen molar-refractivity contribution in [2.75, 3.05) is 6.79 Å². The van der Waals surface area contributed by atoms with Crippen LogP contribution in [0, 0.1) is 10.1 Å². The lowest BCUT2D eigenvalue weighted by Gasteiger charge is -2.12. The van der Waals surface area contributed by atoms with Gasteiger partial charge in [-0.1, -0.05) is 38.1 Å². The third-order valence-corrected chi connectivity index (χ3v) is 6.99. The normalized spacial score (nSPS) is 12.8. The fourth-order valence-corrected chi connectivity index (χ4v) is 5.15. The number of nitro groups is 1. The molecule has 2 heterocycles. The second-order valence-electron chi connectivity index (χ2n) is 8.23. The lowest BCUT2D eigenvalue weighted by atomic mass is 10.0. The summed E-state index contributed by atoms with van der Waals surface area (Å²) in [6.45, 7) is 5.09. The summed E-state index contributed by atoms with van der Waals surface area (Å²) < 4.78 is 13.2. The zero-order valence-corrected chi connectivity index (χ0v) is 20.4. The van der Waals surface area contributed by atoms with E-state index >= 15 is 0 Å². The number of aryl methyl sites for hydroxylation is 2. The van der Waals surface area contributed by atoms with Crippen LogP contribution in [0.15, 0.2) is 71.0 Å². The van der Waals surface area contributed by atoms with Crippen molar-refractivity contribution in [1.82, 2.24) is 4.57 Å². The molecule has 7 nitrogen and oxygen atoms in total. The maximum Gasteiger partial charge on any atom is 0.269 e. The van der Waals surface area contributed by atoms with Gasteiger partial charge in [0.05, 0.1) is 22.8 Å². The van der Waals surface area contributed by atoms with E-state index in [2.05, 4.69) is 42.0 Å². The summed E-state index contributed by atoms with van der Waals surface area (Å²) in [6.07, 6.45) is 1.80. The van der Waals surface area contributed by atoms with Gasteiger partial charge in [-0.3, -0.25) is 10.1 Å². The van der Waals surface area contributed by atoms with Crippen LogP contribution in [0.5, 0.6) is 11.5 Å². The number of para-hydroxylation sites is 1. The Hall–Kier alpha value is -3.91. The molecule has 1 aliphatic heterocycles. The van der Waals surface area contributed by atoms with E-state index in [-0.39, 0.29) is 17.4 Å². The number of non-ortho nitro benzene ring substituents is 1. The molecule has 0 bridgehead atoms. The van der Waals surface area contributed by atoms with Crippen molar-refractivity contribution in [2.45, 2.75) is 33.2 Å². The van der Waals surface area contributed by atoms with Gasteiger partial charge in [0, 0.05) is 17.5 Å². The lowest BCUT2D eigenvalue weighted by molar-refractivity contribution is -0.384. The minimum Gasteiger partial charge on any atom is -0.454 e. The molecule has 0 N–H and O–H groups in total. The van der Waals surface area contributed by atoms with E-state index in [1.165, 1.54) is 23.3 Å². The monoisotopic (exact) mass is 487 g/mol. The molecule has 0 saturated carbocycles. The van der Waals surface area contributed by atoms with Gasteiger partial charge in [0.2, 0.25) is 6.79 Å². The molecule has 0 spiro atoms. The van der Waals surface area contributed by atoms with Crippen molar-refractivity contribution >= 4 is 22.7 Å². The summed E-state index contributed by atoms with van der Waals surface area (Å²) in [5, 5.41) is 13.2. The average molecular weight is 488 g/mol. The molecule has 0 radical (unpaired) electrons. The highest BCUT2D eigenvalue weighted by Gasteiger charge is 2.16. The molecular weight excluding hydrogens is 462 g/mol. The molecule has 0 saturated heterocycles. The number of hydrogen-bond acceptors (Lipinski definition) is 6. The topological polar surface area (TPSA) is 78.9 Å². The molecule has 0 atom stereocenters. The number of fused-ring (bicyclic) bond motifs is 1. The summed E-state index contributed by atoms with van der Waals surface area (Å²) in [5.74, 6) is 1.48. The van der Waals surface area contributed by atoms with Crippen LogP contribution in [-0.2, 0) is 19.4 Å². The molecule has 178 valence electrons. The Labute approximate surface area is 207 Å². The smallest absolute Gasteiger partial charge is 0.269 e. The first-order valence-electron chi connectivity index (χ1n) is 11.5. The van der Waals surface area contributed by atoms with Crippen molar-refractivity contribution in [2.24, 2.45) is 4.99 Å². The zero-order chi connectivity index (χ0) is 24.4. The largest absolute Gasteiger partial charge is 0.454 e. The molecule has 1 aliphatic rings. The van der Waals surface area contributed by atoms with Gasteiger partial charge in [0.1, 0.15) is 0 Å². The summed E-state index contributed by atoms with van der Waals surface area (Å²) in [7, 11) is 0. The summed E-state index contributed by atoms with van der Waals surface area (Å²) in [6, 6.07) is 19.0. The number of nitrogens with zero attached hydrogens (tertiary/aromatic N) is 3. The highest BCUT2D eigenvalue weighted by atomic mass is 32.1. The first-order chi connectivity index (χ1) is 17.1. The zero-order valence-electron chi connectivity index (χ0n) is 19.6. The predicted octanol–water partition coefficient (Wildman–Crippen LogP) is 6.26. The second kappa shape index (κ2) is 9.76. The van der Waals surface area contributed by atoms with Crippen molar-refractivity contribution < 1.29 is 14.4 Å². The van der Waals surface area contributed by atoms with E-state index in [4.69, 9.17) is 14.5 Å². The SMILES string of the molecule is CCc1cccc(CC)c1N=c1scc(-c2ccc([N+](=O)[O-])cc2)n1Cc1ccc2c(c1)OCO2. The molecule has 0 aliphatic carbocycles. The van der Waals surface area contributed by atoms with Crippen LogP contribution < -0.4 is 14.3 Å². The van der Waals surface area contributed by atoms with Gasteiger partial charge in [-0.15, -0.1) is 11.3 Å². The predicted molar refractivity (Wildman–Crippen MR) is 136 cm³/mol. The maximum atomic E-state index is 11.1. The molecule has 1 aromatic heterocycles. The molecule has 3 aromatic carbocycles. The van der Waals surface area contributed by atoms with Crippen LogP contribution in [0.1, 0.15) is 30.5 Å². The van der Waals surface area contributed by atoms with Crippen molar-refractivity contribution in [1.29, 1.82) is 0 Å². The Morgan fingerprint density at radius 1 is 1.00 bits per heavy atom. The first kappa shape index (κ1) is 22.9. The Kier molecular flexibility index (Phi) is 6.37. The standard InChI is InChI=1S/C27H25N3O4S/c1-3-19-6-5-7-20(4-2)26(19)28-27-29(15-18-8-13-24-25(14-18)34-17-33-24)23(16-35-27)21-9-11-22(12-10-21)30(31)32/h5-14,16H,3-4,15,17H2,1-2H3. The summed E-state index contributed by atoms with van der Waals surface area (Å²) >= 11 is 1.57. The van der Waals surface area contributed by atoms with Crippen LogP contribution >= 0.6 is 11.3 Å². The quantitative estimate of drug-likeness (QED) is 0.228. The molecule has 35 heavy (non-hydrogen) atoms. The minimum absolute atomic E-state index is 0.0701. The van der Waals surface area contributed by atoms with Crippen LogP contribution in [0.2, 0.25) is 0 Å². The van der Waals surface area contributed by atoms with E-state index in [9.17, 15) is 10.1 Å². The van der Waals surface area contributed by atoms with E-state index < -0.39 is 0 Å². The van der Waals surface area contributed by atoms with Gasteiger partial charge in [-0.2, -0.15) is 0 Å². The molecule has 5 rings (SSSR count). The van der Waals surface area contributed by atoms with E-state index in [1.807, 2.05) is 18.2 Å². The Bertz CT molecular complexity index is 1430. The third-order valence-electron chi connectivity index (χ3n) is 6.12. The molecule has 8 heteroatoms. The van der Waals surface area contributed by atoms with Crippen LogP contribution in [0.4, 0.5) is 11.4 Å². The molecule has 4 aromatic rings. The highest BCUT2D eigenvalue weighted by Crippen LogP contribution is 2.33. The van der Waals surface area contributed by atoms with Gasteiger partial charge in [-0.05, 0) is 59.4 Å². The number of thiazole rings is 1.